The maximum atomic E-state index is 10.9. The van der Waals surface area contributed by atoms with Gasteiger partial charge < -0.3 is 5.32 Å². The summed E-state index contributed by atoms with van der Waals surface area (Å²) in [6.07, 6.45) is 0. The highest BCUT2D eigenvalue weighted by Gasteiger charge is 2.03. The molecule has 2 rings (SSSR count). The monoisotopic (exact) mass is 192 g/mol. The first-order chi connectivity index (χ1) is 6.27. The SMILES string of the molecule is CC(=O)Nc1cccc2ncsc12. The summed E-state index contributed by atoms with van der Waals surface area (Å²) >= 11 is 1.53. The van der Waals surface area contributed by atoms with E-state index >= 15 is 0 Å². The molecule has 0 bridgehead atoms. The highest BCUT2D eigenvalue weighted by atomic mass is 32.1. The van der Waals surface area contributed by atoms with Crippen molar-refractivity contribution in [3.8, 4) is 0 Å². The number of aromatic nitrogens is 1. The highest BCUT2D eigenvalue weighted by molar-refractivity contribution is 7.17. The van der Waals surface area contributed by atoms with Crippen LogP contribution in [0, 0.1) is 0 Å². The fourth-order valence-electron chi connectivity index (χ4n) is 1.17. The van der Waals surface area contributed by atoms with Gasteiger partial charge >= 0.3 is 0 Å². The van der Waals surface area contributed by atoms with Gasteiger partial charge in [-0.15, -0.1) is 11.3 Å². The maximum Gasteiger partial charge on any atom is 0.221 e. The average Bonchev–Trinajstić information content (AvgIpc) is 2.51. The molecule has 4 heteroatoms. The summed E-state index contributed by atoms with van der Waals surface area (Å²) in [6, 6.07) is 5.69. The van der Waals surface area contributed by atoms with Gasteiger partial charge in [0.25, 0.3) is 0 Å². The zero-order valence-electron chi connectivity index (χ0n) is 7.07. The molecule has 1 N–H and O–H groups in total. The van der Waals surface area contributed by atoms with Gasteiger partial charge in [-0.3, -0.25) is 4.79 Å². The van der Waals surface area contributed by atoms with Crippen LogP contribution in [-0.4, -0.2) is 10.9 Å². The zero-order valence-corrected chi connectivity index (χ0v) is 7.89. The normalized spacial score (nSPS) is 10.2. The van der Waals surface area contributed by atoms with Crippen molar-refractivity contribution in [3.63, 3.8) is 0 Å². The van der Waals surface area contributed by atoms with Crippen LogP contribution in [-0.2, 0) is 4.79 Å². The summed E-state index contributed by atoms with van der Waals surface area (Å²) in [6.45, 7) is 1.50. The quantitative estimate of drug-likeness (QED) is 0.753. The topological polar surface area (TPSA) is 42.0 Å². The van der Waals surface area contributed by atoms with Crippen LogP contribution in [0.5, 0.6) is 0 Å². The lowest BCUT2D eigenvalue weighted by atomic mass is 10.3. The third-order valence-corrected chi connectivity index (χ3v) is 2.54. The molecule has 0 saturated carbocycles. The molecule has 1 aromatic carbocycles. The lowest BCUT2D eigenvalue weighted by Crippen LogP contribution is -2.05. The summed E-state index contributed by atoms with van der Waals surface area (Å²) in [5, 5.41) is 2.77. The van der Waals surface area contributed by atoms with Crippen LogP contribution in [0.2, 0.25) is 0 Å². The Morgan fingerprint density at radius 3 is 3.15 bits per heavy atom. The van der Waals surface area contributed by atoms with Crippen molar-refractivity contribution in [3.05, 3.63) is 23.7 Å². The molecule has 0 fully saturated rings. The number of benzene rings is 1. The van der Waals surface area contributed by atoms with Crippen molar-refractivity contribution in [2.45, 2.75) is 6.92 Å². The van der Waals surface area contributed by atoms with E-state index in [-0.39, 0.29) is 5.91 Å². The van der Waals surface area contributed by atoms with Crippen molar-refractivity contribution < 1.29 is 4.79 Å². The van der Waals surface area contributed by atoms with Crippen LogP contribution in [0.4, 0.5) is 5.69 Å². The van der Waals surface area contributed by atoms with Crippen LogP contribution >= 0.6 is 11.3 Å². The number of fused-ring (bicyclic) bond motifs is 1. The van der Waals surface area contributed by atoms with Gasteiger partial charge in [0.15, 0.2) is 0 Å². The van der Waals surface area contributed by atoms with E-state index in [1.165, 1.54) is 18.3 Å². The number of carbonyl (C=O) groups excluding carboxylic acids is 1. The van der Waals surface area contributed by atoms with Gasteiger partial charge in [0, 0.05) is 6.92 Å². The molecule has 0 spiro atoms. The van der Waals surface area contributed by atoms with E-state index in [2.05, 4.69) is 10.3 Å². The Balaban J connectivity index is 2.54. The van der Waals surface area contributed by atoms with Crippen molar-refractivity contribution in [2.24, 2.45) is 0 Å². The molecule has 1 heterocycles. The molecule has 2 aromatic rings. The molecule has 3 nitrogen and oxygen atoms in total. The van der Waals surface area contributed by atoms with E-state index in [1.54, 1.807) is 5.51 Å². The van der Waals surface area contributed by atoms with E-state index in [0.717, 1.165) is 15.9 Å². The molecule has 0 saturated heterocycles. The molecular formula is C9H8N2OS. The number of hydrogen-bond acceptors (Lipinski definition) is 3. The molecular weight excluding hydrogens is 184 g/mol. The molecule has 0 aliphatic heterocycles. The molecule has 13 heavy (non-hydrogen) atoms. The van der Waals surface area contributed by atoms with Crippen LogP contribution in [0.25, 0.3) is 10.2 Å². The molecule has 0 unspecified atom stereocenters. The van der Waals surface area contributed by atoms with Gasteiger partial charge in [-0.05, 0) is 12.1 Å². The largest absolute Gasteiger partial charge is 0.325 e. The molecule has 1 aromatic heterocycles. The first-order valence-electron chi connectivity index (χ1n) is 3.87. The number of nitrogens with one attached hydrogen (secondary N) is 1. The van der Waals surface area contributed by atoms with Gasteiger partial charge in [-0.1, -0.05) is 6.07 Å². The third kappa shape index (κ3) is 1.53. The number of rotatable bonds is 1. The molecule has 0 radical (unpaired) electrons. The Morgan fingerprint density at radius 1 is 1.54 bits per heavy atom. The van der Waals surface area contributed by atoms with Gasteiger partial charge in [-0.2, -0.15) is 0 Å². The average molecular weight is 192 g/mol. The van der Waals surface area contributed by atoms with Crippen LogP contribution in [0.15, 0.2) is 23.7 Å². The lowest BCUT2D eigenvalue weighted by Gasteiger charge is -2.01. The van der Waals surface area contributed by atoms with E-state index in [1.807, 2.05) is 18.2 Å². The Bertz CT molecular complexity index is 450. The predicted molar refractivity (Wildman–Crippen MR) is 53.9 cm³/mol. The first kappa shape index (κ1) is 8.19. The lowest BCUT2D eigenvalue weighted by molar-refractivity contribution is -0.114. The summed E-state index contributed by atoms with van der Waals surface area (Å²) in [4.78, 5) is 15.0. The van der Waals surface area contributed by atoms with Crippen molar-refractivity contribution in [2.75, 3.05) is 5.32 Å². The van der Waals surface area contributed by atoms with Crippen molar-refractivity contribution in [1.29, 1.82) is 0 Å². The standard InChI is InChI=1S/C9H8N2OS/c1-6(12)11-8-4-2-3-7-9(8)13-5-10-7/h2-5H,1H3,(H,11,12). The zero-order chi connectivity index (χ0) is 9.26. The minimum Gasteiger partial charge on any atom is -0.325 e. The Kier molecular flexibility index (Phi) is 1.98. The second-order valence-corrected chi connectivity index (χ2v) is 3.54. The van der Waals surface area contributed by atoms with Crippen LogP contribution in [0.1, 0.15) is 6.92 Å². The molecule has 0 aliphatic carbocycles. The number of carbonyl (C=O) groups is 1. The van der Waals surface area contributed by atoms with Crippen LogP contribution in [0.3, 0.4) is 0 Å². The fraction of sp³-hybridized carbons (Fsp3) is 0.111. The Morgan fingerprint density at radius 2 is 2.38 bits per heavy atom. The molecule has 0 aliphatic rings. The summed E-state index contributed by atoms with van der Waals surface area (Å²) in [5.41, 5.74) is 3.54. The van der Waals surface area contributed by atoms with Crippen LogP contribution < -0.4 is 5.32 Å². The van der Waals surface area contributed by atoms with E-state index in [9.17, 15) is 4.79 Å². The fourth-order valence-corrected chi connectivity index (χ4v) is 1.93. The maximum absolute atomic E-state index is 10.9. The smallest absolute Gasteiger partial charge is 0.221 e. The summed E-state index contributed by atoms with van der Waals surface area (Å²) < 4.78 is 1.03. The van der Waals surface area contributed by atoms with Crippen molar-refractivity contribution >= 4 is 33.1 Å². The first-order valence-corrected chi connectivity index (χ1v) is 4.75. The minimum atomic E-state index is -0.0547. The van der Waals surface area contributed by atoms with Gasteiger partial charge in [-0.25, -0.2) is 4.98 Å². The predicted octanol–water partition coefficient (Wildman–Crippen LogP) is 2.25. The minimum absolute atomic E-state index is 0.0547. The Hall–Kier alpha value is -1.42. The van der Waals surface area contributed by atoms with E-state index in [0.29, 0.717) is 0 Å². The van der Waals surface area contributed by atoms with Gasteiger partial charge in [0.2, 0.25) is 5.91 Å². The molecule has 1 amide bonds. The van der Waals surface area contributed by atoms with Gasteiger partial charge in [0.1, 0.15) is 0 Å². The van der Waals surface area contributed by atoms with E-state index < -0.39 is 0 Å². The number of amides is 1. The number of anilines is 1. The molecule has 66 valence electrons. The third-order valence-electron chi connectivity index (χ3n) is 1.67. The summed E-state index contributed by atoms with van der Waals surface area (Å²) in [7, 11) is 0. The Labute approximate surface area is 79.4 Å². The van der Waals surface area contributed by atoms with Crippen molar-refractivity contribution in [1.82, 2.24) is 4.98 Å². The highest BCUT2D eigenvalue weighted by Crippen LogP contribution is 2.26. The second kappa shape index (κ2) is 3.14. The molecule has 0 atom stereocenters. The summed E-state index contributed by atoms with van der Waals surface area (Å²) in [5.74, 6) is -0.0547. The number of hydrogen-bond donors (Lipinski definition) is 1. The second-order valence-electron chi connectivity index (χ2n) is 2.69. The number of thiazole rings is 1. The van der Waals surface area contributed by atoms with Gasteiger partial charge in [0.05, 0.1) is 21.4 Å². The van der Waals surface area contributed by atoms with E-state index in [4.69, 9.17) is 0 Å². The number of nitrogens with zero attached hydrogens (tertiary/aromatic N) is 1.